The molecule has 2 N–H and O–H groups in total. The fraction of sp³-hybridized carbons (Fsp3) is 0.364. The van der Waals surface area contributed by atoms with Crippen molar-refractivity contribution in [3.05, 3.63) is 126 Å². The number of pyridine rings is 2. The van der Waals surface area contributed by atoms with E-state index in [-0.39, 0.29) is 35.6 Å². The Bertz CT molecular complexity index is 2190. The van der Waals surface area contributed by atoms with Crippen molar-refractivity contribution in [1.82, 2.24) is 19.8 Å². The van der Waals surface area contributed by atoms with E-state index in [1.807, 2.05) is 55.5 Å². The Morgan fingerprint density at radius 3 is 1.59 bits per heavy atom. The van der Waals surface area contributed by atoms with Crippen LogP contribution < -0.4 is 5.73 Å². The van der Waals surface area contributed by atoms with Gasteiger partial charge in [-0.05, 0) is 110 Å². The van der Waals surface area contributed by atoms with Crippen LogP contribution in [0.15, 0.2) is 60.9 Å². The molecule has 4 aliphatic rings. The second kappa shape index (κ2) is 18.0. The molecule has 2 aliphatic heterocycles. The predicted molar refractivity (Wildman–Crippen MR) is 227 cm³/mol. The molecule has 2 saturated heterocycles. The van der Waals surface area contributed by atoms with E-state index in [0.29, 0.717) is 56.0 Å². The summed E-state index contributed by atoms with van der Waals surface area (Å²) in [5.74, 6) is 0.721. The van der Waals surface area contributed by atoms with E-state index >= 15 is 0 Å². The highest BCUT2D eigenvalue weighted by Crippen LogP contribution is 2.45. The number of fused-ring (bicyclic) bond motifs is 4. The highest BCUT2D eigenvalue weighted by Gasteiger charge is 2.36. The van der Waals surface area contributed by atoms with Crippen LogP contribution in [0.3, 0.4) is 0 Å². The number of nitrogens with two attached hydrogens (primary N) is 1. The van der Waals surface area contributed by atoms with Crippen molar-refractivity contribution >= 4 is 71.1 Å². The van der Waals surface area contributed by atoms with Crippen LogP contribution in [0.25, 0.3) is 24.3 Å². The van der Waals surface area contributed by atoms with Crippen LogP contribution in [-0.4, -0.2) is 76.3 Å². The molecule has 12 nitrogen and oxygen atoms in total. The van der Waals surface area contributed by atoms with Crippen molar-refractivity contribution in [3.8, 4) is 0 Å². The first-order valence-electron chi connectivity index (χ1n) is 19.7. The quantitative estimate of drug-likeness (QED) is 0.153. The first-order chi connectivity index (χ1) is 28.0. The Labute approximate surface area is 347 Å². The Morgan fingerprint density at radius 1 is 0.707 bits per heavy atom. The van der Waals surface area contributed by atoms with Gasteiger partial charge in [-0.3, -0.25) is 20.1 Å². The van der Waals surface area contributed by atoms with Crippen LogP contribution >= 0.6 is 23.2 Å². The van der Waals surface area contributed by atoms with Gasteiger partial charge in [0.05, 0.1) is 41.4 Å². The summed E-state index contributed by atoms with van der Waals surface area (Å²) in [6.07, 6.45) is 13.9. The lowest BCUT2D eigenvalue weighted by atomic mass is 9.76. The van der Waals surface area contributed by atoms with Crippen molar-refractivity contribution in [3.63, 3.8) is 0 Å². The van der Waals surface area contributed by atoms with Gasteiger partial charge in [0.1, 0.15) is 6.20 Å². The van der Waals surface area contributed by atoms with Gasteiger partial charge >= 0.3 is 12.2 Å². The number of ether oxygens (including phenoxy) is 2. The molecule has 2 aliphatic carbocycles. The number of rotatable bonds is 5. The Morgan fingerprint density at radius 2 is 1.14 bits per heavy atom. The van der Waals surface area contributed by atoms with Crippen molar-refractivity contribution in [2.45, 2.75) is 51.4 Å². The van der Waals surface area contributed by atoms with Gasteiger partial charge in [0, 0.05) is 59.7 Å². The summed E-state index contributed by atoms with van der Waals surface area (Å²) >= 11 is 12.5. The number of nitrogens with zero attached hydrogens (tertiary/aromatic N) is 5. The minimum absolute atomic E-state index is 0.0294. The smallest absolute Gasteiger partial charge is 0.409 e. The summed E-state index contributed by atoms with van der Waals surface area (Å²) in [6.45, 7) is 7.00. The number of carbonyl (C=O) groups excluding carboxylic acids is 2. The van der Waals surface area contributed by atoms with E-state index in [1.54, 1.807) is 29.0 Å². The summed E-state index contributed by atoms with van der Waals surface area (Å²) in [6, 6.07) is 15.4. The van der Waals surface area contributed by atoms with Crippen LogP contribution in [0.2, 0.25) is 10.0 Å². The molecule has 2 fully saturated rings. The average Bonchev–Trinajstić information content (AvgIpc) is 3.48. The molecule has 2 unspecified atom stereocenters. The molecule has 2 amide bonds. The monoisotopic (exact) mass is 824 g/mol. The van der Waals surface area contributed by atoms with E-state index in [9.17, 15) is 19.7 Å². The molecule has 302 valence electrons. The molecule has 0 radical (unpaired) electrons. The number of hydrogen-bond acceptors (Lipinski definition) is 9. The van der Waals surface area contributed by atoms with Gasteiger partial charge in [0.15, 0.2) is 0 Å². The van der Waals surface area contributed by atoms with Gasteiger partial charge in [-0.2, -0.15) is 0 Å². The summed E-state index contributed by atoms with van der Waals surface area (Å²) in [7, 11) is 0. The van der Waals surface area contributed by atoms with Gasteiger partial charge < -0.3 is 25.0 Å². The third-order valence-electron chi connectivity index (χ3n) is 11.4. The van der Waals surface area contributed by atoms with Crippen molar-refractivity contribution in [1.29, 1.82) is 0 Å². The zero-order valence-electron chi connectivity index (χ0n) is 32.5. The predicted octanol–water partition coefficient (Wildman–Crippen LogP) is 9.93. The molecule has 2 aromatic heterocycles. The first-order valence-corrected chi connectivity index (χ1v) is 20.5. The molecule has 8 rings (SSSR count). The van der Waals surface area contributed by atoms with Gasteiger partial charge in [-0.15, -0.1) is 0 Å². The number of halogens is 2. The number of anilines is 1. The van der Waals surface area contributed by atoms with Gasteiger partial charge in [0.2, 0.25) is 0 Å². The van der Waals surface area contributed by atoms with Crippen LogP contribution in [0.1, 0.15) is 96.1 Å². The van der Waals surface area contributed by atoms with Crippen LogP contribution in [0.5, 0.6) is 0 Å². The number of amides is 2. The largest absolute Gasteiger partial charge is 0.450 e. The Balaban J connectivity index is 0.000000177. The molecule has 0 saturated carbocycles. The minimum Gasteiger partial charge on any atom is -0.450 e. The lowest BCUT2D eigenvalue weighted by molar-refractivity contribution is -0.385. The molecular weight excluding hydrogens is 779 g/mol. The van der Waals surface area contributed by atoms with Crippen molar-refractivity contribution in [2.75, 3.05) is 45.1 Å². The van der Waals surface area contributed by atoms with Crippen LogP contribution in [-0.2, 0) is 9.47 Å². The van der Waals surface area contributed by atoms with Crippen LogP contribution in [0, 0.1) is 22.0 Å². The maximum Gasteiger partial charge on any atom is 0.409 e. The number of benzene rings is 2. The highest BCUT2D eigenvalue weighted by atomic mass is 35.5. The van der Waals surface area contributed by atoms with Crippen molar-refractivity contribution < 1.29 is 24.0 Å². The van der Waals surface area contributed by atoms with Crippen molar-refractivity contribution in [2.24, 2.45) is 11.8 Å². The maximum absolute atomic E-state index is 12.1. The molecule has 58 heavy (non-hydrogen) atoms. The molecule has 4 aromatic rings. The lowest BCUT2D eigenvalue weighted by Crippen LogP contribution is -2.40. The molecule has 0 bridgehead atoms. The summed E-state index contributed by atoms with van der Waals surface area (Å²) in [4.78, 5) is 47.7. The Hall–Kier alpha value is -5.46. The number of aromatic nitrogens is 2. The fourth-order valence-corrected chi connectivity index (χ4v) is 9.05. The number of nitro groups is 1. The molecule has 2 aromatic carbocycles. The number of piperidine rings is 2. The first kappa shape index (κ1) is 40.7. The molecule has 4 heterocycles. The van der Waals surface area contributed by atoms with E-state index < -0.39 is 4.92 Å². The highest BCUT2D eigenvalue weighted by molar-refractivity contribution is 6.31. The average molecular weight is 826 g/mol. The van der Waals surface area contributed by atoms with E-state index in [2.05, 4.69) is 23.2 Å². The van der Waals surface area contributed by atoms with Crippen LogP contribution in [0.4, 0.5) is 21.0 Å². The molecule has 2 atom stereocenters. The topological polar surface area (TPSA) is 154 Å². The minimum atomic E-state index is -0.428. The molecule has 0 spiro atoms. The lowest BCUT2D eigenvalue weighted by Gasteiger charge is -2.36. The number of carbonyl (C=O) groups is 2. The summed E-state index contributed by atoms with van der Waals surface area (Å²) < 4.78 is 10.3. The maximum atomic E-state index is 12.1. The van der Waals surface area contributed by atoms with E-state index in [1.165, 1.54) is 11.8 Å². The molecular formula is C44H46Cl2N6O6. The zero-order chi connectivity index (χ0) is 40.9. The second-order valence-corrected chi connectivity index (χ2v) is 15.8. The zero-order valence-corrected chi connectivity index (χ0v) is 34.0. The number of hydrogen-bond donors (Lipinski definition) is 1. The van der Waals surface area contributed by atoms with E-state index in [4.69, 9.17) is 43.4 Å². The van der Waals surface area contributed by atoms with Gasteiger partial charge in [0.25, 0.3) is 5.69 Å². The SMILES string of the molecule is CCOC(=O)N1CCC(C2c3ccc(Cl)cc3C=Cc3cc(N)cnc32)CC1.CCOC(=O)N1CCC(C2c3ccc(Cl)cc3C=Cc3cc([N+](=O)[O-])cnc32)CC1. The third-order valence-corrected chi connectivity index (χ3v) is 11.9. The normalized spacial score (nSPS) is 18.6. The fourth-order valence-electron chi connectivity index (χ4n) is 8.69. The third kappa shape index (κ3) is 8.83. The number of likely N-dealkylation sites (tertiary alicyclic amines) is 2. The number of nitrogen functional groups attached to an aromatic ring is 1. The standard InChI is InChI=1S/C22H22ClN3O4.C22H24ClN3O2/c1-2-30-22(27)25-9-7-14(8-10-25)20-19-6-5-17(23)11-15(19)3-4-16-12-18(26(28)29)13-24-21(16)20;1-2-28-22(27)26-9-7-14(8-10-26)20-19-6-5-17(23)11-15(19)3-4-16-12-18(24)13-25-21(16)20/h3-6,11-14,20H,2,7-10H2,1H3;3-6,11-14,20H,2,7-10,24H2,1H3. The van der Waals surface area contributed by atoms with Gasteiger partial charge in [-0.25, -0.2) is 9.59 Å². The summed E-state index contributed by atoms with van der Waals surface area (Å²) in [5, 5.41) is 12.6. The summed E-state index contributed by atoms with van der Waals surface area (Å²) in [5.41, 5.74) is 14.7. The van der Waals surface area contributed by atoms with E-state index in [0.717, 1.165) is 69.9 Å². The Kier molecular flexibility index (Phi) is 12.6. The van der Waals surface area contributed by atoms with Gasteiger partial charge in [-0.1, -0.05) is 59.6 Å². The molecule has 14 heteroatoms. The second-order valence-electron chi connectivity index (χ2n) is 14.9.